The van der Waals surface area contributed by atoms with Crippen LogP contribution in [0.2, 0.25) is 0 Å². The van der Waals surface area contributed by atoms with Gasteiger partial charge in [-0.2, -0.15) is 0 Å². The summed E-state index contributed by atoms with van der Waals surface area (Å²) in [6, 6.07) is 9.45. The van der Waals surface area contributed by atoms with Gasteiger partial charge in [0.1, 0.15) is 0 Å². The molecule has 1 atom stereocenters. The number of nitrogen functional groups attached to an aromatic ring is 1. The minimum absolute atomic E-state index is 0.262. The van der Waals surface area contributed by atoms with Crippen LogP contribution >= 0.6 is 0 Å². The molecule has 1 aliphatic heterocycles. The zero-order valence-electron chi connectivity index (χ0n) is 12.7. The van der Waals surface area contributed by atoms with Crippen molar-refractivity contribution >= 4 is 23.0 Å². The molecule has 5 nitrogen and oxygen atoms in total. The molecule has 0 saturated carbocycles. The monoisotopic (exact) mass is 299 g/mol. The van der Waals surface area contributed by atoms with Crippen LogP contribution in [0.5, 0.6) is 0 Å². The summed E-state index contributed by atoms with van der Waals surface area (Å²) in [6.07, 6.45) is 5.07. The quantitative estimate of drug-likeness (QED) is 0.851. The highest BCUT2D eigenvalue weighted by Crippen LogP contribution is 2.33. The van der Waals surface area contributed by atoms with Crippen LogP contribution in [-0.2, 0) is 0 Å². The number of carbonyl (C=O) groups is 1. The number of carbonyl (C=O) groups excluding carboxylic acids is 1. The number of benzene rings is 1. The van der Waals surface area contributed by atoms with E-state index in [1.807, 2.05) is 12.1 Å². The number of nitrogens with two attached hydrogens (primary N) is 1. The third-order valence-electron chi connectivity index (χ3n) is 4.13. The second kappa shape index (κ2) is 6.13. The van der Waals surface area contributed by atoms with Gasteiger partial charge in [-0.1, -0.05) is 0 Å². The van der Waals surface area contributed by atoms with Crippen molar-refractivity contribution in [2.45, 2.75) is 32.2 Å². The summed E-state index contributed by atoms with van der Waals surface area (Å²) in [6.45, 7) is 3.21. The number of hydrogen-bond acceptors (Lipinski definition) is 4. The molecule has 0 radical (unpaired) electrons. The highest BCUT2D eigenvalue weighted by molar-refractivity contribution is 6.04. The van der Waals surface area contributed by atoms with Gasteiger partial charge in [-0.05, 0) is 56.5 Å². The van der Waals surface area contributed by atoms with E-state index in [-0.39, 0.29) is 5.91 Å². The highest BCUT2D eigenvalue weighted by atomic mass is 16.3. The summed E-state index contributed by atoms with van der Waals surface area (Å²) in [5.41, 5.74) is 8.27. The lowest BCUT2D eigenvalue weighted by molar-refractivity contribution is 0.0996. The molecule has 5 heteroatoms. The second-order valence-electron chi connectivity index (χ2n) is 5.75. The number of hydrogen-bond donors (Lipinski definition) is 2. The summed E-state index contributed by atoms with van der Waals surface area (Å²) >= 11 is 0. The highest BCUT2D eigenvalue weighted by Gasteiger charge is 2.22. The van der Waals surface area contributed by atoms with Crippen LogP contribution in [0.4, 0.5) is 17.1 Å². The van der Waals surface area contributed by atoms with Crippen LogP contribution < -0.4 is 16.0 Å². The first kappa shape index (κ1) is 14.5. The van der Waals surface area contributed by atoms with E-state index >= 15 is 0 Å². The zero-order chi connectivity index (χ0) is 15.5. The van der Waals surface area contributed by atoms with Crippen molar-refractivity contribution in [1.82, 2.24) is 0 Å². The lowest BCUT2D eigenvalue weighted by atomic mass is 10.0. The van der Waals surface area contributed by atoms with Crippen LogP contribution in [0, 0.1) is 0 Å². The first-order chi connectivity index (χ1) is 10.6. The van der Waals surface area contributed by atoms with E-state index in [1.54, 1.807) is 18.2 Å². The Hall–Kier alpha value is -2.43. The molecule has 2 aromatic rings. The fourth-order valence-electron chi connectivity index (χ4n) is 2.95. The summed E-state index contributed by atoms with van der Waals surface area (Å²) in [4.78, 5) is 14.6. The zero-order valence-corrected chi connectivity index (χ0v) is 12.7. The van der Waals surface area contributed by atoms with Crippen LogP contribution in [-0.4, -0.2) is 18.5 Å². The third kappa shape index (κ3) is 2.93. The number of anilines is 3. The van der Waals surface area contributed by atoms with E-state index < -0.39 is 0 Å². The van der Waals surface area contributed by atoms with Gasteiger partial charge in [-0.15, -0.1) is 0 Å². The van der Waals surface area contributed by atoms with E-state index in [0.717, 1.165) is 24.3 Å². The molecule has 3 rings (SSSR count). The van der Waals surface area contributed by atoms with Crippen molar-refractivity contribution in [2.75, 3.05) is 22.5 Å². The lowest BCUT2D eigenvalue weighted by Gasteiger charge is -2.36. The number of amides is 1. The van der Waals surface area contributed by atoms with Gasteiger partial charge in [-0.3, -0.25) is 4.79 Å². The maximum Gasteiger partial charge on any atom is 0.291 e. The number of nitrogens with zero attached hydrogens (tertiary/aromatic N) is 1. The van der Waals surface area contributed by atoms with Crippen LogP contribution in [0.1, 0.15) is 36.7 Å². The molecule has 1 fully saturated rings. The molecule has 1 saturated heterocycles. The number of furan rings is 1. The van der Waals surface area contributed by atoms with Gasteiger partial charge in [0.15, 0.2) is 5.76 Å². The molecular formula is C17H21N3O2. The van der Waals surface area contributed by atoms with Gasteiger partial charge < -0.3 is 20.4 Å². The van der Waals surface area contributed by atoms with Crippen molar-refractivity contribution < 1.29 is 9.21 Å². The summed E-state index contributed by atoms with van der Waals surface area (Å²) in [7, 11) is 0. The Labute approximate surface area is 130 Å². The van der Waals surface area contributed by atoms with Crippen LogP contribution in [0.25, 0.3) is 0 Å². The van der Waals surface area contributed by atoms with Gasteiger partial charge in [0.25, 0.3) is 5.91 Å². The van der Waals surface area contributed by atoms with Crippen molar-refractivity contribution in [2.24, 2.45) is 0 Å². The molecule has 116 valence electrons. The van der Waals surface area contributed by atoms with Gasteiger partial charge in [0.2, 0.25) is 0 Å². The fraction of sp³-hybridized carbons (Fsp3) is 0.353. The summed E-state index contributed by atoms with van der Waals surface area (Å²) in [5.74, 6) is 0.0292. The van der Waals surface area contributed by atoms with Crippen molar-refractivity contribution in [3.63, 3.8) is 0 Å². The van der Waals surface area contributed by atoms with E-state index in [0.29, 0.717) is 17.5 Å². The second-order valence-corrected chi connectivity index (χ2v) is 5.75. The number of nitrogens with one attached hydrogen (secondary N) is 1. The Balaban J connectivity index is 1.89. The molecule has 2 heterocycles. The first-order valence-corrected chi connectivity index (χ1v) is 7.66. The maximum absolute atomic E-state index is 12.2. The average Bonchev–Trinajstić information content (AvgIpc) is 3.03. The van der Waals surface area contributed by atoms with Crippen molar-refractivity contribution in [3.05, 3.63) is 42.4 Å². The molecule has 0 bridgehead atoms. The largest absolute Gasteiger partial charge is 0.459 e. The third-order valence-corrected chi connectivity index (χ3v) is 4.13. The van der Waals surface area contributed by atoms with E-state index in [4.69, 9.17) is 10.2 Å². The van der Waals surface area contributed by atoms with Gasteiger partial charge in [0, 0.05) is 18.3 Å². The van der Waals surface area contributed by atoms with E-state index in [1.165, 1.54) is 19.1 Å². The Morgan fingerprint density at radius 1 is 1.36 bits per heavy atom. The van der Waals surface area contributed by atoms with Crippen LogP contribution in [0.15, 0.2) is 41.0 Å². The normalized spacial score (nSPS) is 18.2. The smallest absolute Gasteiger partial charge is 0.291 e. The molecule has 0 unspecified atom stereocenters. The Morgan fingerprint density at radius 2 is 2.23 bits per heavy atom. The molecular weight excluding hydrogens is 278 g/mol. The van der Waals surface area contributed by atoms with Crippen molar-refractivity contribution in [1.29, 1.82) is 0 Å². The first-order valence-electron chi connectivity index (χ1n) is 7.66. The van der Waals surface area contributed by atoms with Gasteiger partial charge >= 0.3 is 0 Å². The number of piperidine rings is 1. The fourth-order valence-corrected chi connectivity index (χ4v) is 2.95. The lowest BCUT2D eigenvalue weighted by Crippen LogP contribution is -2.38. The molecule has 1 aromatic heterocycles. The molecule has 1 aromatic carbocycles. The van der Waals surface area contributed by atoms with Crippen molar-refractivity contribution in [3.8, 4) is 0 Å². The Morgan fingerprint density at radius 3 is 2.95 bits per heavy atom. The summed E-state index contributed by atoms with van der Waals surface area (Å²) < 4.78 is 5.15. The van der Waals surface area contributed by atoms with Crippen LogP contribution in [0.3, 0.4) is 0 Å². The summed E-state index contributed by atoms with van der Waals surface area (Å²) in [5, 5.41) is 2.92. The molecule has 0 spiro atoms. The number of rotatable bonds is 3. The SMILES string of the molecule is C[C@H]1CCCCN1c1ccc(N)cc1NC(=O)c1ccco1. The Bertz CT molecular complexity index is 652. The Kier molecular flexibility index (Phi) is 4.04. The topological polar surface area (TPSA) is 71.5 Å². The van der Waals surface area contributed by atoms with Gasteiger partial charge in [-0.25, -0.2) is 0 Å². The van der Waals surface area contributed by atoms with E-state index in [2.05, 4.69) is 17.1 Å². The minimum atomic E-state index is -0.262. The average molecular weight is 299 g/mol. The maximum atomic E-state index is 12.2. The molecule has 1 amide bonds. The predicted octanol–water partition coefficient (Wildman–Crippen LogP) is 3.49. The standard InChI is InChI=1S/C17H21N3O2/c1-12-5-2-3-9-20(12)15-8-7-13(18)11-14(15)19-17(21)16-6-4-10-22-16/h4,6-8,10-12H,2-3,5,9,18H2,1H3,(H,19,21)/t12-/m0/s1. The molecule has 0 aliphatic carbocycles. The van der Waals surface area contributed by atoms with E-state index in [9.17, 15) is 4.79 Å². The minimum Gasteiger partial charge on any atom is -0.459 e. The molecule has 1 aliphatic rings. The molecule has 22 heavy (non-hydrogen) atoms. The van der Waals surface area contributed by atoms with Gasteiger partial charge in [0.05, 0.1) is 17.6 Å². The molecule has 3 N–H and O–H groups in total. The predicted molar refractivity (Wildman–Crippen MR) is 88.2 cm³/mol.